The number of nitrogens with one attached hydrogen (secondary N) is 1. The van der Waals surface area contributed by atoms with E-state index in [2.05, 4.69) is 27.2 Å². The highest BCUT2D eigenvalue weighted by Gasteiger charge is 2.19. The van der Waals surface area contributed by atoms with Gasteiger partial charge in [0.2, 0.25) is 5.91 Å². The lowest BCUT2D eigenvalue weighted by atomic mass is 10.0. The first kappa shape index (κ1) is 19.9. The molecule has 0 fully saturated rings. The maximum absolute atomic E-state index is 11.7. The van der Waals surface area contributed by atoms with Crippen LogP contribution < -0.4 is 11.1 Å². The van der Waals surface area contributed by atoms with E-state index in [-0.39, 0.29) is 11.9 Å². The summed E-state index contributed by atoms with van der Waals surface area (Å²) in [5.74, 6) is -0.0957. The summed E-state index contributed by atoms with van der Waals surface area (Å²) in [4.78, 5) is 15.6. The van der Waals surface area contributed by atoms with Crippen LogP contribution in [0.1, 0.15) is 34.7 Å². The van der Waals surface area contributed by atoms with Crippen LogP contribution in [0.3, 0.4) is 0 Å². The molecule has 0 aliphatic rings. The van der Waals surface area contributed by atoms with Crippen molar-refractivity contribution in [3.8, 4) is 10.6 Å². The minimum atomic E-state index is -0.225. The molecule has 28 heavy (non-hydrogen) atoms. The van der Waals surface area contributed by atoms with Gasteiger partial charge in [0, 0.05) is 19.0 Å². The molecule has 0 saturated carbocycles. The van der Waals surface area contributed by atoms with Crippen LogP contribution in [0.15, 0.2) is 53.5 Å². The molecule has 0 saturated heterocycles. The number of rotatable bonds is 8. The molecule has 0 bridgehead atoms. The molecule has 0 aliphatic carbocycles. The zero-order valence-corrected chi connectivity index (χ0v) is 16.6. The third-order valence-electron chi connectivity index (χ3n) is 4.31. The summed E-state index contributed by atoms with van der Waals surface area (Å²) in [7, 11) is 0. The van der Waals surface area contributed by atoms with E-state index in [1.807, 2.05) is 48.5 Å². The normalized spacial score (nSPS) is 11.8. The lowest BCUT2D eigenvalue weighted by molar-refractivity contribution is -0.119. The molecule has 3 rings (SSSR count). The van der Waals surface area contributed by atoms with Gasteiger partial charge in [-0.1, -0.05) is 59.9 Å². The van der Waals surface area contributed by atoms with E-state index in [1.165, 1.54) is 18.3 Å². The first-order chi connectivity index (χ1) is 13.6. The van der Waals surface area contributed by atoms with E-state index in [1.54, 1.807) is 0 Å². The number of carbonyl (C=O) groups is 1. The van der Waals surface area contributed by atoms with Gasteiger partial charge in [-0.3, -0.25) is 9.79 Å². The van der Waals surface area contributed by atoms with Gasteiger partial charge in [-0.05, 0) is 29.8 Å². The molecule has 1 atom stereocenters. The van der Waals surface area contributed by atoms with Crippen LogP contribution in [0.5, 0.6) is 0 Å². The lowest BCUT2D eigenvalue weighted by Crippen LogP contribution is -2.27. The van der Waals surface area contributed by atoms with E-state index < -0.39 is 0 Å². The van der Waals surface area contributed by atoms with Crippen molar-refractivity contribution >= 4 is 24.0 Å². The Morgan fingerprint density at radius 3 is 2.36 bits per heavy atom. The van der Waals surface area contributed by atoms with Crippen LogP contribution in [0.25, 0.3) is 10.6 Å². The van der Waals surface area contributed by atoms with Gasteiger partial charge in [-0.15, -0.1) is 10.2 Å². The van der Waals surface area contributed by atoms with Crippen molar-refractivity contribution in [1.29, 1.82) is 0 Å². The van der Waals surface area contributed by atoms with Gasteiger partial charge < -0.3 is 11.1 Å². The summed E-state index contributed by atoms with van der Waals surface area (Å²) in [6.45, 7) is 6.13. The molecule has 6 nitrogen and oxygen atoms in total. The van der Waals surface area contributed by atoms with E-state index in [0.29, 0.717) is 19.5 Å². The SMILES string of the molecule is C=NCc1ccc(-c2nnc(C(Cc3ccc(CN)cc3)NC(C)=O)s2)cc1. The highest BCUT2D eigenvalue weighted by Crippen LogP contribution is 2.29. The molecule has 144 valence electrons. The number of aromatic nitrogens is 2. The second-order valence-corrected chi connectivity index (χ2v) is 7.51. The number of carbonyl (C=O) groups excluding carboxylic acids is 1. The van der Waals surface area contributed by atoms with Gasteiger partial charge in [0.25, 0.3) is 0 Å². The minimum Gasteiger partial charge on any atom is -0.347 e. The zero-order chi connectivity index (χ0) is 19.9. The van der Waals surface area contributed by atoms with E-state index in [9.17, 15) is 4.79 Å². The van der Waals surface area contributed by atoms with Crippen LogP contribution in [-0.4, -0.2) is 22.8 Å². The quantitative estimate of drug-likeness (QED) is 0.574. The van der Waals surface area contributed by atoms with E-state index in [4.69, 9.17) is 5.73 Å². The topological polar surface area (TPSA) is 93.3 Å². The molecule has 3 N–H and O–H groups in total. The van der Waals surface area contributed by atoms with Crippen molar-refractivity contribution < 1.29 is 4.79 Å². The van der Waals surface area contributed by atoms with Gasteiger partial charge in [-0.2, -0.15) is 0 Å². The molecular weight excluding hydrogens is 370 g/mol. The maximum atomic E-state index is 11.7. The molecule has 0 aliphatic heterocycles. The Kier molecular flexibility index (Phi) is 6.62. The van der Waals surface area contributed by atoms with Crippen LogP contribution in [0.2, 0.25) is 0 Å². The van der Waals surface area contributed by atoms with Crippen LogP contribution in [0, 0.1) is 0 Å². The zero-order valence-electron chi connectivity index (χ0n) is 15.8. The highest BCUT2D eigenvalue weighted by molar-refractivity contribution is 7.14. The number of hydrogen-bond acceptors (Lipinski definition) is 6. The molecule has 7 heteroatoms. The number of hydrogen-bond donors (Lipinski definition) is 2. The van der Waals surface area contributed by atoms with Crippen molar-refractivity contribution in [3.63, 3.8) is 0 Å². The summed E-state index contributed by atoms with van der Waals surface area (Å²) in [5, 5.41) is 13.3. The second-order valence-electron chi connectivity index (χ2n) is 6.50. The fourth-order valence-electron chi connectivity index (χ4n) is 2.87. The Bertz CT molecular complexity index is 934. The Labute approximate surface area is 168 Å². The summed E-state index contributed by atoms with van der Waals surface area (Å²) in [6.07, 6.45) is 0.642. The summed E-state index contributed by atoms with van der Waals surface area (Å²) >= 11 is 1.49. The Hall–Kier alpha value is -2.90. The van der Waals surface area contributed by atoms with Crippen LogP contribution in [-0.2, 0) is 24.3 Å². The van der Waals surface area contributed by atoms with Crippen molar-refractivity contribution in [2.75, 3.05) is 0 Å². The fourth-order valence-corrected chi connectivity index (χ4v) is 3.77. The molecular formula is C21H23N5OS. The monoisotopic (exact) mass is 393 g/mol. The predicted octanol–water partition coefficient (Wildman–Crippen LogP) is 3.28. The van der Waals surface area contributed by atoms with Gasteiger partial charge in [-0.25, -0.2) is 0 Å². The molecule has 1 unspecified atom stereocenters. The van der Waals surface area contributed by atoms with Gasteiger partial charge in [0.1, 0.15) is 10.0 Å². The Morgan fingerprint density at radius 1 is 1.11 bits per heavy atom. The third kappa shape index (κ3) is 5.09. The average molecular weight is 394 g/mol. The minimum absolute atomic E-state index is 0.0957. The Morgan fingerprint density at radius 2 is 1.75 bits per heavy atom. The van der Waals surface area contributed by atoms with Crippen molar-refractivity contribution in [2.24, 2.45) is 10.7 Å². The molecule has 2 aromatic carbocycles. The number of aliphatic imine (C=N–C) groups is 1. The Balaban J connectivity index is 1.80. The highest BCUT2D eigenvalue weighted by atomic mass is 32.1. The molecule has 0 radical (unpaired) electrons. The lowest BCUT2D eigenvalue weighted by Gasteiger charge is -2.15. The third-order valence-corrected chi connectivity index (χ3v) is 5.40. The number of amides is 1. The van der Waals surface area contributed by atoms with Gasteiger partial charge >= 0.3 is 0 Å². The number of benzene rings is 2. The molecule has 1 aromatic heterocycles. The van der Waals surface area contributed by atoms with E-state index in [0.717, 1.165) is 32.3 Å². The van der Waals surface area contributed by atoms with Gasteiger partial charge in [0.05, 0.1) is 12.6 Å². The maximum Gasteiger partial charge on any atom is 0.217 e. The molecule has 1 amide bonds. The second kappa shape index (κ2) is 9.34. The van der Waals surface area contributed by atoms with Crippen molar-refractivity contribution in [3.05, 3.63) is 70.2 Å². The number of nitrogens with zero attached hydrogens (tertiary/aromatic N) is 3. The molecule has 0 spiro atoms. The van der Waals surface area contributed by atoms with Crippen molar-refractivity contribution in [2.45, 2.75) is 32.5 Å². The smallest absolute Gasteiger partial charge is 0.217 e. The average Bonchev–Trinajstić information content (AvgIpc) is 3.19. The van der Waals surface area contributed by atoms with Gasteiger partial charge in [0.15, 0.2) is 0 Å². The van der Waals surface area contributed by atoms with E-state index >= 15 is 0 Å². The first-order valence-electron chi connectivity index (χ1n) is 8.99. The predicted molar refractivity (Wildman–Crippen MR) is 113 cm³/mol. The summed E-state index contributed by atoms with van der Waals surface area (Å²) in [5.41, 5.74) is 9.93. The fraction of sp³-hybridized carbons (Fsp3) is 0.238. The molecule has 1 heterocycles. The number of nitrogens with two attached hydrogens (primary N) is 1. The standard InChI is InChI=1S/C21H23N5OS/c1-14(27)24-19(11-15-3-5-16(12-22)6-4-15)21-26-25-20(28-21)18-9-7-17(8-10-18)13-23-2/h3-10,19H,2,11-13,22H2,1H3,(H,24,27). The van der Waals surface area contributed by atoms with Crippen molar-refractivity contribution in [1.82, 2.24) is 15.5 Å². The largest absolute Gasteiger partial charge is 0.347 e. The van der Waals surface area contributed by atoms with Crippen LogP contribution in [0.4, 0.5) is 0 Å². The summed E-state index contributed by atoms with van der Waals surface area (Å²) in [6, 6.07) is 15.9. The van der Waals surface area contributed by atoms with Crippen LogP contribution >= 0.6 is 11.3 Å². The molecule has 3 aromatic rings. The first-order valence-corrected chi connectivity index (χ1v) is 9.81. The summed E-state index contributed by atoms with van der Waals surface area (Å²) < 4.78 is 0.